The first-order valence-electron chi connectivity index (χ1n) is 3.94. The summed E-state index contributed by atoms with van der Waals surface area (Å²) in [4.78, 5) is 3.97. The summed E-state index contributed by atoms with van der Waals surface area (Å²) in [7, 11) is 0. The number of nitrogens with zero attached hydrogens (tertiary/aromatic N) is 1. The second kappa shape index (κ2) is 4.44. The maximum atomic E-state index is 7.58. The molecular formula is C10H12N2. The van der Waals surface area contributed by atoms with E-state index in [1.165, 1.54) is 0 Å². The van der Waals surface area contributed by atoms with Crippen LogP contribution in [0.3, 0.4) is 0 Å². The Bertz CT molecular complexity index is 280. The van der Waals surface area contributed by atoms with Gasteiger partial charge in [0.25, 0.3) is 0 Å². The van der Waals surface area contributed by atoms with Gasteiger partial charge in [-0.25, -0.2) is 0 Å². The lowest BCUT2D eigenvalue weighted by atomic mass is 10.2. The molecule has 0 aromatic rings. The zero-order valence-corrected chi connectivity index (χ0v) is 7.12. The van der Waals surface area contributed by atoms with Gasteiger partial charge in [-0.2, -0.15) is 0 Å². The molecule has 0 spiro atoms. The fourth-order valence-electron chi connectivity index (χ4n) is 0.913. The van der Waals surface area contributed by atoms with Crippen LogP contribution in [0.2, 0.25) is 0 Å². The monoisotopic (exact) mass is 160 g/mol. The number of allylic oxidation sites excluding steroid dienone is 5. The minimum absolute atomic E-state index is 0.523. The first kappa shape index (κ1) is 8.65. The third kappa shape index (κ3) is 2.31. The summed E-state index contributed by atoms with van der Waals surface area (Å²) in [5.74, 6) is 0. The molecule has 0 aliphatic heterocycles. The molecule has 0 amide bonds. The van der Waals surface area contributed by atoms with E-state index in [2.05, 4.69) is 4.99 Å². The molecule has 0 saturated heterocycles. The van der Waals surface area contributed by atoms with Crippen molar-refractivity contribution in [3.63, 3.8) is 0 Å². The topological polar surface area (TPSA) is 36.2 Å². The minimum atomic E-state index is 0.523. The lowest BCUT2D eigenvalue weighted by Gasteiger charge is -1.94. The molecule has 0 aromatic carbocycles. The Hall–Kier alpha value is -1.44. The lowest BCUT2D eigenvalue weighted by molar-refractivity contribution is 1.40. The maximum absolute atomic E-state index is 7.58. The summed E-state index contributed by atoms with van der Waals surface area (Å²) in [5.41, 5.74) is 1.39. The summed E-state index contributed by atoms with van der Waals surface area (Å²) in [6.07, 6.45) is 12.0. The molecule has 1 rings (SSSR count). The van der Waals surface area contributed by atoms with Crippen molar-refractivity contribution in [2.24, 2.45) is 4.99 Å². The Morgan fingerprint density at radius 1 is 1.42 bits per heavy atom. The van der Waals surface area contributed by atoms with Crippen LogP contribution in [-0.4, -0.2) is 11.9 Å². The quantitative estimate of drug-likeness (QED) is 0.572. The second-order valence-electron chi connectivity index (χ2n) is 2.45. The summed E-state index contributed by atoms with van der Waals surface area (Å²) >= 11 is 0. The van der Waals surface area contributed by atoms with E-state index in [1.54, 1.807) is 18.5 Å². The van der Waals surface area contributed by atoms with Crippen molar-refractivity contribution >= 4 is 11.9 Å². The van der Waals surface area contributed by atoms with Crippen molar-refractivity contribution in [2.75, 3.05) is 0 Å². The van der Waals surface area contributed by atoms with Gasteiger partial charge < -0.3 is 5.41 Å². The SMILES string of the molecule is CC=N/C=C1/C=CCC=CC1=N. The molecule has 62 valence electrons. The smallest absolute Gasteiger partial charge is 0.0624 e. The molecule has 0 atom stereocenters. The van der Waals surface area contributed by atoms with Crippen molar-refractivity contribution in [3.8, 4) is 0 Å². The van der Waals surface area contributed by atoms with Crippen LogP contribution in [0.5, 0.6) is 0 Å². The molecule has 0 aromatic heterocycles. The third-order valence-electron chi connectivity index (χ3n) is 1.53. The van der Waals surface area contributed by atoms with Gasteiger partial charge in [0.05, 0.1) is 5.71 Å². The van der Waals surface area contributed by atoms with Gasteiger partial charge in [0, 0.05) is 18.0 Å². The second-order valence-corrected chi connectivity index (χ2v) is 2.45. The van der Waals surface area contributed by atoms with Gasteiger partial charge in [-0.3, -0.25) is 4.99 Å². The molecule has 0 radical (unpaired) electrons. The van der Waals surface area contributed by atoms with Crippen molar-refractivity contribution in [1.29, 1.82) is 5.41 Å². The van der Waals surface area contributed by atoms with E-state index in [0.29, 0.717) is 5.71 Å². The molecular weight excluding hydrogens is 148 g/mol. The highest BCUT2D eigenvalue weighted by atomic mass is 14.7. The van der Waals surface area contributed by atoms with Crippen LogP contribution < -0.4 is 0 Å². The molecule has 12 heavy (non-hydrogen) atoms. The van der Waals surface area contributed by atoms with Crippen LogP contribution in [0.4, 0.5) is 0 Å². The zero-order chi connectivity index (χ0) is 8.81. The largest absolute Gasteiger partial charge is 0.300 e. The molecule has 0 unspecified atom stereocenters. The molecule has 0 saturated carbocycles. The number of nitrogens with one attached hydrogen (secondary N) is 1. The van der Waals surface area contributed by atoms with Crippen LogP contribution in [0.1, 0.15) is 13.3 Å². The number of aliphatic imine (C=N–C) groups is 1. The molecule has 1 N–H and O–H groups in total. The highest BCUT2D eigenvalue weighted by Gasteiger charge is 1.98. The molecule has 2 nitrogen and oxygen atoms in total. The maximum Gasteiger partial charge on any atom is 0.0624 e. The summed E-state index contributed by atoms with van der Waals surface area (Å²) < 4.78 is 0. The van der Waals surface area contributed by atoms with E-state index in [4.69, 9.17) is 5.41 Å². The van der Waals surface area contributed by atoms with Gasteiger partial charge in [-0.1, -0.05) is 18.2 Å². The first-order valence-corrected chi connectivity index (χ1v) is 3.94. The number of hydrogen-bond acceptors (Lipinski definition) is 2. The Morgan fingerprint density at radius 3 is 2.92 bits per heavy atom. The van der Waals surface area contributed by atoms with Gasteiger partial charge in [-0.15, -0.1) is 0 Å². The Kier molecular flexibility index (Phi) is 3.20. The van der Waals surface area contributed by atoms with E-state index >= 15 is 0 Å². The van der Waals surface area contributed by atoms with Crippen molar-refractivity contribution in [2.45, 2.75) is 13.3 Å². The predicted octanol–water partition coefficient (Wildman–Crippen LogP) is 2.50. The van der Waals surface area contributed by atoms with Gasteiger partial charge in [0.2, 0.25) is 0 Å². The molecule has 0 heterocycles. The predicted molar refractivity (Wildman–Crippen MR) is 52.9 cm³/mol. The van der Waals surface area contributed by atoms with Gasteiger partial charge >= 0.3 is 0 Å². The Balaban J connectivity index is 2.87. The number of rotatable bonds is 1. The third-order valence-corrected chi connectivity index (χ3v) is 1.53. The van der Waals surface area contributed by atoms with Crippen molar-refractivity contribution < 1.29 is 0 Å². The van der Waals surface area contributed by atoms with E-state index in [-0.39, 0.29) is 0 Å². The fraction of sp³-hybridized carbons (Fsp3) is 0.200. The van der Waals surface area contributed by atoms with Crippen LogP contribution >= 0.6 is 0 Å². The summed E-state index contributed by atoms with van der Waals surface area (Å²) in [6, 6.07) is 0. The minimum Gasteiger partial charge on any atom is -0.300 e. The molecule has 0 bridgehead atoms. The Morgan fingerprint density at radius 2 is 2.17 bits per heavy atom. The highest BCUT2D eigenvalue weighted by molar-refractivity contribution is 6.08. The standard InChI is InChI=1S/C10H12N2/c1-2-12-8-9-6-4-3-5-7-10(9)11/h2,4-8,11H,3H2,1H3/b9-8-,11-10?,12-2?. The van der Waals surface area contributed by atoms with E-state index in [0.717, 1.165) is 12.0 Å². The molecule has 1 aliphatic carbocycles. The molecule has 1 aliphatic rings. The van der Waals surface area contributed by atoms with E-state index in [9.17, 15) is 0 Å². The summed E-state index contributed by atoms with van der Waals surface area (Å²) in [6.45, 7) is 1.86. The van der Waals surface area contributed by atoms with Crippen molar-refractivity contribution in [3.05, 3.63) is 36.1 Å². The van der Waals surface area contributed by atoms with Crippen LogP contribution in [-0.2, 0) is 0 Å². The van der Waals surface area contributed by atoms with Gasteiger partial charge in [-0.05, 0) is 19.4 Å². The lowest BCUT2D eigenvalue weighted by Crippen LogP contribution is -1.92. The highest BCUT2D eigenvalue weighted by Crippen LogP contribution is 2.06. The van der Waals surface area contributed by atoms with Gasteiger partial charge in [0.15, 0.2) is 0 Å². The average molecular weight is 160 g/mol. The Labute approximate surface area is 72.5 Å². The van der Waals surface area contributed by atoms with Gasteiger partial charge in [0.1, 0.15) is 0 Å². The summed E-state index contributed by atoms with van der Waals surface area (Å²) in [5, 5.41) is 7.58. The number of hydrogen-bond donors (Lipinski definition) is 1. The molecule has 2 heteroatoms. The van der Waals surface area contributed by atoms with Crippen LogP contribution in [0, 0.1) is 5.41 Å². The van der Waals surface area contributed by atoms with Crippen LogP contribution in [0.25, 0.3) is 0 Å². The average Bonchev–Trinajstić information content (AvgIpc) is 2.27. The normalized spacial score (nSPS) is 20.8. The van der Waals surface area contributed by atoms with Crippen LogP contribution in [0.15, 0.2) is 41.1 Å². The first-order chi connectivity index (χ1) is 5.84. The van der Waals surface area contributed by atoms with E-state index in [1.807, 2.05) is 25.2 Å². The zero-order valence-electron chi connectivity index (χ0n) is 7.12. The van der Waals surface area contributed by atoms with E-state index < -0.39 is 0 Å². The fourth-order valence-corrected chi connectivity index (χ4v) is 0.913. The van der Waals surface area contributed by atoms with Crippen molar-refractivity contribution in [1.82, 2.24) is 0 Å². The molecule has 0 fully saturated rings.